The first-order chi connectivity index (χ1) is 7.24. The van der Waals surface area contributed by atoms with Crippen LogP contribution in [0.2, 0.25) is 0 Å². The van der Waals surface area contributed by atoms with Gasteiger partial charge in [-0.25, -0.2) is 0 Å². The molecule has 1 aromatic heterocycles. The van der Waals surface area contributed by atoms with Crippen LogP contribution in [0, 0.1) is 0 Å². The summed E-state index contributed by atoms with van der Waals surface area (Å²) in [6.07, 6.45) is 5.07. The number of hydrogen-bond acceptors (Lipinski definition) is 4. The first-order valence-corrected chi connectivity index (χ1v) is 5.55. The van der Waals surface area contributed by atoms with Crippen molar-refractivity contribution in [1.82, 2.24) is 14.8 Å². The summed E-state index contributed by atoms with van der Waals surface area (Å²) in [4.78, 5) is 2.00. The van der Waals surface area contributed by atoms with E-state index < -0.39 is 0 Å². The molecule has 0 radical (unpaired) electrons. The fourth-order valence-electron chi connectivity index (χ4n) is 2.29. The average Bonchev–Trinajstić information content (AvgIpc) is 2.85. The van der Waals surface area contributed by atoms with Gasteiger partial charge in [0.2, 0.25) is 5.95 Å². The Hall–Kier alpha value is -1.10. The van der Waals surface area contributed by atoms with Crippen molar-refractivity contribution < 1.29 is 0 Å². The predicted molar refractivity (Wildman–Crippen MR) is 59.7 cm³/mol. The summed E-state index contributed by atoms with van der Waals surface area (Å²) in [6.45, 7) is 0.470. The quantitative estimate of drug-likeness (QED) is 0.804. The van der Waals surface area contributed by atoms with E-state index in [4.69, 9.17) is 5.73 Å². The van der Waals surface area contributed by atoms with Gasteiger partial charge in [0.25, 0.3) is 0 Å². The third-order valence-electron chi connectivity index (χ3n) is 3.02. The van der Waals surface area contributed by atoms with E-state index in [2.05, 4.69) is 14.8 Å². The Kier molecular flexibility index (Phi) is 2.90. The van der Waals surface area contributed by atoms with Crippen molar-refractivity contribution >= 4 is 5.95 Å². The van der Waals surface area contributed by atoms with E-state index in [1.807, 2.05) is 19.0 Å². The van der Waals surface area contributed by atoms with Gasteiger partial charge in [-0.1, -0.05) is 12.8 Å². The minimum Gasteiger partial charge on any atom is -0.347 e. The molecule has 84 valence electrons. The van der Waals surface area contributed by atoms with E-state index in [0.717, 1.165) is 11.8 Å². The maximum Gasteiger partial charge on any atom is 0.227 e. The molecule has 5 nitrogen and oxygen atoms in total. The van der Waals surface area contributed by atoms with Crippen LogP contribution in [0.15, 0.2) is 0 Å². The molecule has 1 saturated carbocycles. The Morgan fingerprint density at radius 1 is 1.33 bits per heavy atom. The molecule has 0 aromatic carbocycles. The molecule has 0 unspecified atom stereocenters. The lowest BCUT2D eigenvalue weighted by Gasteiger charge is -2.19. The highest BCUT2D eigenvalue weighted by Gasteiger charge is 2.23. The van der Waals surface area contributed by atoms with Crippen molar-refractivity contribution in [2.75, 3.05) is 19.0 Å². The minimum atomic E-state index is 0.470. The number of anilines is 1. The van der Waals surface area contributed by atoms with Crippen LogP contribution in [0.5, 0.6) is 0 Å². The van der Waals surface area contributed by atoms with Gasteiger partial charge in [0.15, 0.2) is 0 Å². The Morgan fingerprint density at radius 3 is 2.53 bits per heavy atom. The molecule has 5 heteroatoms. The Morgan fingerprint density at radius 2 is 2.00 bits per heavy atom. The molecular weight excluding hydrogens is 190 g/mol. The molecule has 0 spiro atoms. The van der Waals surface area contributed by atoms with Crippen molar-refractivity contribution in [2.45, 2.75) is 38.3 Å². The highest BCUT2D eigenvalue weighted by molar-refractivity contribution is 5.29. The summed E-state index contributed by atoms with van der Waals surface area (Å²) in [6, 6.07) is 0.552. The molecule has 0 atom stereocenters. The molecule has 0 aliphatic heterocycles. The number of aromatic nitrogens is 3. The number of nitrogens with two attached hydrogens (primary N) is 1. The van der Waals surface area contributed by atoms with Crippen LogP contribution in [-0.2, 0) is 6.54 Å². The van der Waals surface area contributed by atoms with Gasteiger partial charge < -0.3 is 10.6 Å². The van der Waals surface area contributed by atoms with Gasteiger partial charge in [-0.15, -0.1) is 10.2 Å². The van der Waals surface area contributed by atoms with Gasteiger partial charge >= 0.3 is 0 Å². The van der Waals surface area contributed by atoms with Crippen LogP contribution >= 0.6 is 0 Å². The summed E-state index contributed by atoms with van der Waals surface area (Å²) in [5, 5.41) is 8.34. The number of hydrogen-bond donors (Lipinski definition) is 1. The number of nitrogens with zero attached hydrogens (tertiary/aromatic N) is 4. The van der Waals surface area contributed by atoms with Crippen LogP contribution in [0.25, 0.3) is 0 Å². The fourth-order valence-corrected chi connectivity index (χ4v) is 2.29. The SMILES string of the molecule is CN(C)c1nnc(CN)n1C1CCCC1. The van der Waals surface area contributed by atoms with Crippen LogP contribution in [0.4, 0.5) is 5.95 Å². The van der Waals surface area contributed by atoms with E-state index in [1.165, 1.54) is 25.7 Å². The van der Waals surface area contributed by atoms with Crippen molar-refractivity contribution in [3.05, 3.63) is 5.82 Å². The van der Waals surface area contributed by atoms with Crippen molar-refractivity contribution in [3.63, 3.8) is 0 Å². The first kappa shape index (κ1) is 10.4. The Labute approximate surface area is 90.3 Å². The van der Waals surface area contributed by atoms with Crippen LogP contribution < -0.4 is 10.6 Å². The molecule has 1 aliphatic carbocycles. The van der Waals surface area contributed by atoms with E-state index in [9.17, 15) is 0 Å². The van der Waals surface area contributed by atoms with Crippen molar-refractivity contribution in [2.24, 2.45) is 5.73 Å². The molecular formula is C10H19N5. The summed E-state index contributed by atoms with van der Waals surface area (Å²) >= 11 is 0. The van der Waals surface area contributed by atoms with Gasteiger partial charge in [0.1, 0.15) is 5.82 Å². The summed E-state index contributed by atoms with van der Waals surface area (Å²) in [5.41, 5.74) is 5.69. The maximum atomic E-state index is 5.69. The molecule has 2 rings (SSSR count). The van der Waals surface area contributed by atoms with Gasteiger partial charge in [-0.2, -0.15) is 0 Å². The van der Waals surface area contributed by atoms with Crippen molar-refractivity contribution in [1.29, 1.82) is 0 Å². The largest absolute Gasteiger partial charge is 0.347 e. The van der Waals surface area contributed by atoms with E-state index >= 15 is 0 Å². The molecule has 0 bridgehead atoms. The zero-order valence-corrected chi connectivity index (χ0v) is 9.48. The smallest absolute Gasteiger partial charge is 0.227 e. The first-order valence-electron chi connectivity index (χ1n) is 5.55. The molecule has 0 saturated heterocycles. The predicted octanol–water partition coefficient (Wildman–Crippen LogP) is 0.918. The normalized spacial score (nSPS) is 17.3. The lowest BCUT2D eigenvalue weighted by molar-refractivity contribution is 0.497. The van der Waals surface area contributed by atoms with Gasteiger partial charge in [-0.05, 0) is 12.8 Å². The van der Waals surface area contributed by atoms with Crippen LogP contribution in [-0.4, -0.2) is 28.9 Å². The zero-order chi connectivity index (χ0) is 10.8. The molecule has 1 aromatic rings. The summed E-state index contributed by atoms with van der Waals surface area (Å²) < 4.78 is 2.22. The van der Waals surface area contributed by atoms with Gasteiger partial charge in [-0.3, -0.25) is 4.57 Å². The monoisotopic (exact) mass is 209 g/mol. The third-order valence-corrected chi connectivity index (χ3v) is 3.02. The second kappa shape index (κ2) is 4.18. The topological polar surface area (TPSA) is 60.0 Å². The highest BCUT2D eigenvalue weighted by Crippen LogP contribution is 2.32. The van der Waals surface area contributed by atoms with Crippen LogP contribution in [0.1, 0.15) is 37.5 Å². The van der Waals surface area contributed by atoms with E-state index in [1.54, 1.807) is 0 Å². The molecule has 1 heterocycles. The Balaban J connectivity index is 2.35. The molecule has 2 N–H and O–H groups in total. The Bertz CT molecular complexity index is 325. The molecule has 1 fully saturated rings. The third kappa shape index (κ3) is 1.84. The molecule has 0 amide bonds. The second-order valence-electron chi connectivity index (χ2n) is 4.32. The summed E-state index contributed by atoms with van der Waals surface area (Å²) in [7, 11) is 3.99. The lowest BCUT2D eigenvalue weighted by atomic mass is 10.2. The van der Waals surface area contributed by atoms with E-state index in [0.29, 0.717) is 12.6 Å². The fraction of sp³-hybridized carbons (Fsp3) is 0.800. The van der Waals surface area contributed by atoms with Gasteiger partial charge in [0, 0.05) is 20.1 Å². The zero-order valence-electron chi connectivity index (χ0n) is 9.48. The second-order valence-corrected chi connectivity index (χ2v) is 4.32. The standard InChI is InChI=1S/C10H19N5/c1-14(2)10-13-12-9(7-11)15(10)8-5-3-4-6-8/h8H,3-7,11H2,1-2H3. The van der Waals surface area contributed by atoms with Crippen molar-refractivity contribution in [3.8, 4) is 0 Å². The summed E-state index contributed by atoms with van der Waals surface area (Å²) in [5.74, 6) is 1.84. The van der Waals surface area contributed by atoms with Crippen LogP contribution in [0.3, 0.4) is 0 Å². The lowest BCUT2D eigenvalue weighted by Crippen LogP contribution is -2.20. The molecule has 1 aliphatic rings. The maximum absolute atomic E-state index is 5.69. The van der Waals surface area contributed by atoms with E-state index in [-0.39, 0.29) is 0 Å². The molecule has 15 heavy (non-hydrogen) atoms. The van der Waals surface area contributed by atoms with Gasteiger partial charge in [0.05, 0.1) is 6.54 Å². The minimum absolute atomic E-state index is 0.470. The average molecular weight is 209 g/mol. The number of rotatable bonds is 3. The highest BCUT2D eigenvalue weighted by atomic mass is 15.4.